The van der Waals surface area contributed by atoms with Crippen LogP contribution in [-0.4, -0.2) is 24.4 Å². The lowest BCUT2D eigenvalue weighted by atomic mass is 10.1. The molecule has 1 aromatic rings. The molecule has 14 heavy (non-hydrogen) atoms. The summed E-state index contributed by atoms with van der Waals surface area (Å²) in [7, 11) is 2.09. The van der Waals surface area contributed by atoms with Crippen molar-refractivity contribution < 1.29 is 0 Å². The van der Waals surface area contributed by atoms with Crippen LogP contribution in [0.3, 0.4) is 0 Å². The molecule has 0 aliphatic carbocycles. The minimum atomic E-state index is 0.698. The number of hydrogen-bond acceptors (Lipinski definition) is 1. The van der Waals surface area contributed by atoms with E-state index in [0.29, 0.717) is 5.88 Å². The van der Waals surface area contributed by atoms with Crippen molar-refractivity contribution in [3.8, 4) is 0 Å². The van der Waals surface area contributed by atoms with E-state index >= 15 is 0 Å². The molecule has 0 heterocycles. The molecule has 0 radical (unpaired) electrons. The molecule has 0 bridgehead atoms. The SMILES string of the molecule is CCc1ccc(CN(C)CCCl)cc1. The summed E-state index contributed by atoms with van der Waals surface area (Å²) < 4.78 is 0. The van der Waals surface area contributed by atoms with Gasteiger partial charge in [-0.05, 0) is 24.6 Å². The number of aryl methyl sites for hydroxylation is 1. The fourth-order valence-corrected chi connectivity index (χ4v) is 1.70. The van der Waals surface area contributed by atoms with Crippen LogP contribution < -0.4 is 0 Å². The average Bonchev–Trinajstić information content (AvgIpc) is 2.19. The van der Waals surface area contributed by atoms with E-state index in [1.54, 1.807) is 0 Å². The molecule has 0 fully saturated rings. The first-order chi connectivity index (χ1) is 6.76. The van der Waals surface area contributed by atoms with Crippen LogP contribution in [-0.2, 0) is 13.0 Å². The summed E-state index contributed by atoms with van der Waals surface area (Å²) >= 11 is 5.67. The Morgan fingerprint density at radius 2 is 1.71 bits per heavy atom. The van der Waals surface area contributed by atoms with E-state index in [2.05, 4.69) is 43.1 Å². The molecule has 0 aliphatic rings. The number of hydrogen-bond donors (Lipinski definition) is 0. The van der Waals surface area contributed by atoms with Crippen LogP contribution in [0.5, 0.6) is 0 Å². The van der Waals surface area contributed by atoms with E-state index in [4.69, 9.17) is 11.6 Å². The van der Waals surface area contributed by atoms with Crippen LogP contribution in [0.25, 0.3) is 0 Å². The highest BCUT2D eigenvalue weighted by Crippen LogP contribution is 2.07. The van der Waals surface area contributed by atoms with Crippen molar-refractivity contribution in [3.63, 3.8) is 0 Å². The van der Waals surface area contributed by atoms with Gasteiger partial charge in [0.2, 0.25) is 0 Å². The Bertz CT molecular complexity index is 256. The second-order valence-electron chi connectivity index (χ2n) is 3.60. The van der Waals surface area contributed by atoms with E-state index in [9.17, 15) is 0 Å². The van der Waals surface area contributed by atoms with Crippen LogP contribution in [0.15, 0.2) is 24.3 Å². The smallest absolute Gasteiger partial charge is 0.0351 e. The maximum Gasteiger partial charge on any atom is 0.0351 e. The number of alkyl halides is 1. The Morgan fingerprint density at radius 3 is 2.21 bits per heavy atom. The zero-order chi connectivity index (χ0) is 10.4. The number of benzene rings is 1. The third-order valence-corrected chi connectivity index (χ3v) is 2.52. The van der Waals surface area contributed by atoms with Gasteiger partial charge in [0.25, 0.3) is 0 Å². The van der Waals surface area contributed by atoms with Crippen LogP contribution in [0.2, 0.25) is 0 Å². The van der Waals surface area contributed by atoms with Crippen molar-refractivity contribution in [3.05, 3.63) is 35.4 Å². The predicted octanol–water partition coefficient (Wildman–Crippen LogP) is 2.92. The predicted molar refractivity (Wildman–Crippen MR) is 62.9 cm³/mol. The second-order valence-corrected chi connectivity index (χ2v) is 3.97. The van der Waals surface area contributed by atoms with Gasteiger partial charge < -0.3 is 4.90 Å². The number of rotatable bonds is 5. The second kappa shape index (κ2) is 6.05. The monoisotopic (exact) mass is 211 g/mol. The molecule has 0 N–H and O–H groups in total. The van der Waals surface area contributed by atoms with Crippen molar-refractivity contribution in [2.24, 2.45) is 0 Å². The van der Waals surface area contributed by atoms with Gasteiger partial charge in [0.1, 0.15) is 0 Å². The standard InChI is InChI=1S/C12H18ClN/c1-3-11-4-6-12(7-5-11)10-14(2)9-8-13/h4-7H,3,8-10H2,1-2H3. The van der Waals surface area contributed by atoms with Gasteiger partial charge in [-0.25, -0.2) is 0 Å². The Balaban J connectivity index is 2.50. The minimum Gasteiger partial charge on any atom is -0.301 e. The van der Waals surface area contributed by atoms with Crippen LogP contribution in [0.4, 0.5) is 0 Å². The fourth-order valence-electron chi connectivity index (χ4n) is 1.42. The van der Waals surface area contributed by atoms with Crippen molar-refractivity contribution in [1.29, 1.82) is 0 Å². The molecule has 0 unspecified atom stereocenters. The molecule has 0 aliphatic heterocycles. The third-order valence-electron chi connectivity index (χ3n) is 2.35. The molecule has 0 saturated heterocycles. The summed E-state index contributed by atoms with van der Waals surface area (Å²) in [6, 6.07) is 8.79. The third kappa shape index (κ3) is 3.69. The lowest BCUT2D eigenvalue weighted by Gasteiger charge is -2.14. The first-order valence-electron chi connectivity index (χ1n) is 5.08. The lowest BCUT2D eigenvalue weighted by Crippen LogP contribution is -2.19. The highest BCUT2D eigenvalue weighted by Gasteiger charge is 1.98. The molecule has 0 aromatic heterocycles. The summed E-state index contributed by atoms with van der Waals surface area (Å²) in [5.74, 6) is 0.698. The molecule has 0 spiro atoms. The summed E-state index contributed by atoms with van der Waals surface area (Å²) in [6.07, 6.45) is 1.11. The van der Waals surface area contributed by atoms with Gasteiger partial charge in [0.05, 0.1) is 0 Å². The highest BCUT2D eigenvalue weighted by molar-refractivity contribution is 6.18. The summed E-state index contributed by atoms with van der Waals surface area (Å²) in [6.45, 7) is 4.10. The van der Waals surface area contributed by atoms with Gasteiger partial charge in [-0.1, -0.05) is 31.2 Å². The molecule has 2 heteroatoms. The topological polar surface area (TPSA) is 3.24 Å². The van der Waals surface area contributed by atoms with E-state index in [0.717, 1.165) is 19.5 Å². The molecular formula is C12H18ClN. The maximum absolute atomic E-state index is 5.67. The zero-order valence-corrected chi connectivity index (χ0v) is 9.72. The van der Waals surface area contributed by atoms with Crippen LogP contribution in [0, 0.1) is 0 Å². The van der Waals surface area contributed by atoms with Gasteiger partial charge in [-0.15, -0.1) is 11.6 Å². The van der Waals surface area contributed by atoms with Crippen LogP contribution >= 0.6 is 11.6 Å². The average molecular weight is 212 g/mol. The quantitative estimate of drug-likeness (QED) is 0.677. The Kier molecular flexibility index (Phi) is 4.99. The molecule has 1 nitrogen and oxygen atoms in total. The van der Waals surface area contributed by atoms with Crippen molar-refractivity contribution in [1.82, 2.24) is 4.90 Å². The largest absolute Gasteiger partial charge is 0.301 e. The van der Waals surface area contributed by atoms with Gasteiger partial charge >= 0.3 is 0 Å². The molecule has 0 atom stereocenters. The van der Waals surface area contributed by atoms with E-state index < -0.39 is 0 Å². The van der Waals surface area contributed by atoms with Gasteiger partial charge in [0, 0.05) is 19.0 Å². The molecule has 1 rings (SSSR count). The molecule has 0 amide bonds. The number of nitrogens with zero attached hydrogens (tertiary/aromatic N) is 1. The number of halogens is 1. The maximum atomic E-state index is 5.67. The molecule has 1 aromatic carbocycles. The van der Waals surface area contributed by atoms with Crippen molar-refractivity contribution in [2.75, 3.05) is 19.5 Å². The highest BCUT2D eigenvalue weighted by atomic mass is 35.5. The lowest BCUT2D eigenvalue weighted by molar-refractivity contribution is 0.348. The van der Waals surface area contributed by atoms with E-state index in [-0.39, 0.29) is 0 Å². The first-order valence-corrected chi connectivity index (χ1v) is 5.62. The first kappa shape index (κ1) is 11.5. The fraction of sp³-hybridized carbons (Fsp3) is 0.500. The molecular weight excluding hydrogens is 194 g/mol. The van der Waals surface area contributed by atoms with Gasteiger partial charge in [-0.3, -0.25) is 0 Å². The van der Waals surface area contributed by atoms with Crippen molar-refractivity contribution >= 4 is 11.6 Å². The summed E-state index contributed by atoms with van der Waals surface area (Å²) in [5.41, 5.74) is 2.75. The van der Waals surface area contributed by atoms with Gasteiger partial charge in [-0.2, -0.15) is 0 Å². The normalized spacial score (nSPS) is 10.9. The Morgan fingerprint density at radius 1 is 1.14 bits per heavy atom. The van der Waals surface area contributed by atoms with Crippen LogP contribution in [0.1, 0.15) is 18.1 Å². The van der Waals surface area contributed by atoms with Gasteiger partial charge in [0.15, 0.2) is 0 Å². The van der Waals surface area contributed by atoms with E-state index in [1.807, 2.05) is 0 Å². The molecule has 0 saturated carbocycles. The van der Waals surface area contributed by atoms with E-state index in [1.165, 1.54) is 11.1 Å². The Labute approximate surface area is 91.7 Å². The molecule has 78 valence electrons. The summed E-state index contributed by atoms with van der Waals surface area (Å²) in [5, 5.41) is 0. The Hall–Kier alpha value is -0.530. The van der Waals surface area contributed by atoms with Crippen molar-refractivity contribution in [2.45, 2.75) is 19.9 Å². The summed E-state index contributed by atoms with van der Waals surface area (Å²) in [4.78, 5) is 2.23. The minimum absolute atomic E-state index is 0.698. The zero-order valence-electron chi connectivity index (χ0n) is 8.96.